The molecular weight excluding hydrogens is 1030 g/mol. The number of aromatic carboxylic acids is 1. The Bertz CT molecular complexity index is 3080. The van der Waals surface area contributed by atoms with E-state index in [-0.39, 0.29) is 41.0 Å². The Morgan fingerprint density at radius 1 is 0.671 bits per heavy atom. The number of amides is 2. The summed E-state index contributed by atoms with van der Waals surface area (Å²) in [5.41, 5.74) is 1.45. The zero-order valence-electron chi connectivity index (χ0n) is 41.1. The highest BCUT2D eigenvalue weighted by Gasteiger charge is 2.40. The van der Waals surface area contributed by atoms with Crippen LogP contribution in [0.3, 0.4) is 0 Å². The van der Waals surface area contributed by atoms with Crippen molar-refractivity contribution in [3.63, 3.8) is 0 Å². The van der Waals surface area contributed by atoms with Crippen LogP contribution in [0.25, 0.3) is 22.5 Å². The predicted octanol–water partition coefficient (Wildman–Crippen LogP) is 10.4. The maximum absolute atomic E-state index is 15.0. The average molecular weight is 1080 g/mol. The Hall–Kier alpha value is -7.41. The second kappa shape index (κ2) is 23.2. The van der Waals surface area contributed by atoms with Crippen LogP contribution in [0.4, 0.5) is 57.5 Å². The first-order valence-electron chi connectivity index (χ1n) is 23.1. The third-order valence-electron chi connectivity index (χ3n) is 12.3. The molecule has 2 aliphatic heterocycles. The molecule has 13 nitrogen and oxygen atoms in total. The summed E-state index contributed by atoms with van der Waals surface area (Å²) < 4.78 is 170. The molecule has 2 aromatic heterocycles. The third-order valence-corrected chi connectivity index (χ3v) is 12.3. The standard InChI is InChI=1S/C23H20F6N4O.C16H22F2N2O2.C12H8F4N2O2/c1-33-20(5-7-31-33)13-8-15(23(27,28)29)21(18(26)10-13)22(34)32-19-11-30-6-4-14(19)12-2-3-16(24)17(25)9-12;1-16(2,3)22-15(21)20-7-6-11(14(19)9-20)10-4-5-12(17)13(18)8-10;1-18-9(2-3-17-18)6-4-7(12(14,15)16)10(11(19)20)8(13)5-6/h2-3,5,7-10,14,19,30H,4,6,11H2,1H3,(H,32,34);4-5,8,11,14H,6-7,9,19H2,1-3H3;2-5H,1H3,(H,19,20)/t14-,19+;11-,14+;/m00./s1. The SMILES string of the molecule is CC(C)(C)OC(=O)N1CC[C@@H](c2ccc(F)c(F)c2)[C@H](N)C1.Cn1nccc1-c1cc(F)c(C(=O)N[C@@H]2CNCC[C@H]2c2ccc(F)c(F)c2)c(C(F)(F)F)c1.Cn1nccc1-c1cc(F)c(C(=O)O)c(C(F)(F)F)c1. The molecule has 0 spiro atoms. The molecule has 4 aromatic carbocycles. The molecule has 8 rings (SSSR count). The summed E-state index contributed by atoms with van der Waals surface area (Å²) in [6.07, 6.45) is -6.68. The Kier molecular flexibility index (Phi) is 17.7. The molecule has 6 aromatic rings. The highest BCUT2D eigenvalue weighted by molar-refractivity contribution is 5.97. The number of halogens is 12. The number of carbonyl (C=O) groups excluding carboxylic acids is 2. The minimum atomic E-state index is -5.01. The molecule has 2 amide bonds. The number of piperidine rings is 2. The van der Waals surface area contributed by atoms with Gasteiger partial charge in [0, 0.05) is 81.2 Å². The largest absolute Gasteiger partial charge is 0.478 e. The van der Waals surface area contributed by atoms with Crippen molar-refractivity contribution in [3.05, 3.63) is 153 Å². The molecule has 2 saturated heterocycles. The van der Waals surface area contributed by atoms with Crippen molar-refractivity contribution < 1.29 is 76.9 Å². The first-order chi connectivity index (χ1) is 35.4. The van der Waals surface area contributed by atoms with Gasteiger partial charge in [0.05, 0.1) is 28.1 Å². The summed E-state index contributed by atoms with van der Waals surface area (Å²) in [4.78, 5) is 37.3. The lowest BCUT2D eigenvalue weighted by Gasteiger charge is -2.37. The number of ether oxygens (including phenoxy) is 1. The van der Waals surface area contributed by atoms with Gasteiger partial charge in [0.1, 0.15) is 22.8 Å². The van der Waals surface area contributed by atoms with Crippen molar-refractivity contribution in [2.75, 3.05) is 26.2 Å². The number of benzene rings is 4. The van der Waals surface area contributed by atoms with Crippen molar-refractivity contribution in [2.24, 2.45) is 19.8 Å². The van der Waals surface area contributed by atoms with Gasteiger partial charge in [-0.1, -0.05) is 12.1 Å². The van der Waals surface area contributed by atoms with Gasteiger partial charge in [0.15, 0.2) is 23.3 Å². The van der Waals surface area contributed by atoms with E-state index in [1.54, 1.807) is 31.7 Å². The molecule has 5 N–H and O–H groups in total. The number of nitrogens with one attached hydrogen (secondary N) is 2. The molecule has 2 aliphatic rings. The van der Waals surface area contributed by atoms with Gasteiger partial charge in [-0.05, 0) is 112 Å². The lowest BCUT2D eigenvalue weighted by molar-refractivity contribution is -0.138. The number of carboxylic acids is 1. The number of rotatable bonds is 7. The van der Waals surface area contributed by atoms with Crippen molar-refractivity contribution in [3.8, 4) is 22.5 Å². The van der Waals surface area contributed by atoms with E-state index in [1.165, 1.54) is 60.1 Å². The number of nitrogens with two attached hydrogens (primary N) is 1. The van der Waals surface area contributed by atoms with Gasteiger partial charge in [-0.15, -0.1) is 0 Å². The highest BCUT2D eigenvalue weighted by atomic mass is 19.4. The van der Waals surface area contributed by atoms with E-state index < -0.39 is 105 Å². The Labute approximate surface area is 426 Å². The first-order valence-corrected chi connectivity index (χ1v) is 23.1. The molecule has 0 aliphatic carbocycles. The van der Waals surface area contributed by atoms with Crippen LogP contribution in [0.5, 0.6) is 0 Å². The minimum Gasteiger partial charge on any atom is -0.478 e. The van der Waals surface area contributed by atoms with E-state index in [0.717, 1.165) is 30.3 Å². The van der Waals surface area contributed by atoms with Gasteiger partial charge in [-0.3, -0.25) is 14.2 Å². The molecule has 76 heavy (non-hydrogen) atoms. The number of carboxylic acid groups (broad SMARTS) is 1. The second-order valence-electron chi connectivity index (χ2n) is 18.8. The van der Waals surface area contributed by atoms with Crippen molar-refractivity contribution in [1.29, 1.82) is 0 Å². The Morgan fingerprint density at radius 2 is 1.16 bits per heavy atom. The maximum atomic E-state index is 15.0. The van der Waals surface area contributed by atoms with Gasteiger partial charge in [-0.2, -0.15) is 36.5 Å². The minimum absolute atomic E-state index is 0.0830. The van der Waals surface area contributed by atoms with Crippen LogP contribution in [0.15, 0.2) is 85.2 Å². The molecule has 2 fully saturated rings. The topological polar surface area (TPSA) is 170 Å². The number of nitrogens with zero attached hydrogens (tertiary/aromatic N) is 5. The lowest BCUT2D eigenvalue weighted by Crippen LogP contribution is -2.50. The monoisotopic (exact) mass is 1080 g/mol. The molecule has 0 saturated carbocycles. The number of likely N-dealkylation sites (tertiary alicyclic amines) is 1. The molecule has 408 valence electrons. The van der Waals surface area contributed by atoms with E-state index in [4.69, 9.17) is 15.6 Å². The van der Waals surface area contributed by atoms with E-state index in [9.17, 15) is 67.1 Å². The van der Waals surface area contributed by atoms with Crippen molar-refractivity contribution in [2.45, 2.75) is 75.5 Å². The average Bonchev–Trinajstić information content (AvgIpc) is 3.97. The summed E-state index contributed by atoms with van der Waals surface area (Å²) in [6, 6.07) is 11.8. The predicted molar refractivity (Wildman–Crippen MR) is 252 cm³/mol. The number of alkyl halides is 6. The van der Waals surface area contributed by atoms with E-state index in [1.807, 2.05) is 0 Å². The van der Waals surface area contributed by atoms with Crippen LogP contribution in [0, 0.1) is 34.9 Å². The quantitative estimate of drug-likeness (QED) is 0.114. The van der Waals surface area contributed by atoms with Crippen molar-refractivity contribution >= 4 is 18.0 Å². The maximum Gasteiger partial charge on any atom is 0.417 e. The Morgan fingerprint density at radius 3 is 1.59 bits per heavy atom. The zero-order chi connectivity index (χ0) is 56.2. The van der Waals surface area contributed by atoms with E-state index >= 15 is 0 Å². The normalized spacial score (nSPS) is 17.9. The summed E-state index contributed by atoms with van der Waals surface area (Å²) in [6.45, 7) is 6.88. The van der Waals surface area contributed by atoms with E-state index in [2.05, 4.69) is 20.8 Å². The molecule has 0 bridgehead atoms. The summed E-state index contributed by atoms with van der Waals surface area (Å²) >= 11 is 0. The Balaban J connectivity index is 0.000000195. The second-order valence-corrected chi connectivity index (χ2v) is 18.8. The fourth-order valence-corrected chi connectivity index (χ4v) is 8.74. The fraction of sp³-hybridized carbons (Fsp3) is 0.353. The van der Waals surface area contributed by atoms with Crippen LogP contribution in [0.2, 0.25) is 0 Å². The number of aryl methyl sites for hydroxylation is 2. The van der Waals surface area contributed by atoms with Gasteiger partial charge < -0.3 is 31.1 Å². The van der Waals surface area contributed by atoms with Crippen LogP contribution in [-0.4, -0.2) is 91.4 Å². The summed E-state index contributed by atoms with van der Waals surface area (Å²) in [7, 11) is 2.97. The third kappa shape index (κ3) is 13.9. The number of hydrogen-bond acceptors (Lipinski definition) is 8. The van der Waals surface area contributed by atoms with Gasteiger partial charge in [0.2, 0.25) is 0 Å². The van der Waals surface area contributed by atoms with E-state index in [0.29, 0.717) is 55.7 Å². The molecular formula is C51H50F12N8O5. The fourth-order valence-electron chi connectivity index (χ4n) is 8.74. The molecule has 0 unspecified atom stereocenters. The summed E-state index contributed by atoms with van der Waals surface area (Å²) in [5.74, 6) is -10.5. The highest BCUT2D eigenvalue weighted by Crippen LogP contribution is 2.39. The van der Waals surface area contributed by atoms with Crippen LogP contribution in [-0.2, 0) is 31.2 Å². The van der Waals surface area contributed by atoms with Gasteiger partial charge >= 0.3 is 24.4 Å². The number of hydrogen-bond donors (Lipinski definition) is 4. The number of carbonyl (C=O) groups is 3. The lowest BCUT2D eigenvalue weighted by atomic mass is 9.85. The van der Waals surface area contributed by atoms with Gasteiger partial charge in [-0.25, -0.2) is 35.9 Å². The smallest absolute Gasteiger partial charge is 0.417 e. The molecule has 25 heteroatoms. The van der Waals surface area contributed by atoms with Crippen LogP contribution in [0.1, 0.15) is 88.4 Å². The molecule has 0 radical (unpaired) electrons. The first kappa shape index (κ1) is 57.9. The van der Waals surface area contributed by atoms with Crippen LogP contribution >= 0.6 is 0 Å². The number of aromatic nitrogens is 4. The summed E-state index contributed by atoms with van der Waals surface area (Å²) in [5, 5.41) is 21.8. The van der Waals surface area contributed by atoms with Crippen molar-refractivity contribution in [1.82, 2.24) is 35.1 Å². The zero-order valence-corrected chi connectivity index (χ0v) is 41.1. The molecule has 4 heterocycles. The van der Waals surface area contributed by atoms with Gasteiger partial charge in [0.25, 0.3) is 5.91 Å². The molecule has 4 atom stereocenters. The van der Waals surface area contributed by atoms with Crippen LogP contribution < -0.4 is 16.4 Å².